The van der Waals surface area contributed by atoms with Crippen LogP contribution in [0.1, 0.15) is 11.1 Å². The zero-order chi connectivity index (χ0) is 27.0. The lowest BCUT2D eigenvalue weighted by Gasteiger charge is -2.01. The van der Waals surface area contributed by atoms with Crippen molar-refractivity contribution in [2.75, 3.05) is 0 Å². The highest BCUT2D eigenvalue weighted by Gasteiger charge is 2.00. The molecule has 0 aliphatic carbocycles. The zero-order valence-electron chi connectivity index (χ0n) is 21.6. The number of benzene rings is 5. The van der Waals surface area contributed by atoms with Gasteiger partial charge in [-0.25, -0.2) is 0 Å². The predicted octanol–water partition coefficient (Wildman–Crippen LogP) is 6.70. The first-order valence-electron chi connectivity index (χ1n) is 13.0. The average molecular weight is 519 g/mol. The van der Waals surface area contributed by atoms with Gasteiger partial charge in [0.15, 0.2) is 11.0 Å². The minimum absolute atomic E-state index is 0.604. The van der Waals surface area contributed by atoms with Crippen LogP contribution in [-0.4, -0.2) is 22.6 Å². The SMILES string of the molecule is C(=NN=c1[nH][nH]c(=NN=Cc2ccc(-c3ccccc3)cc2)c2ccccc12)c1ccc(-c2ccccc2)cc1. The standard InChI is InChI=1S/C34H26N6/c1-3-9-27(10-4-1)29-19-15-25(16-20-29)23-35-37-33-31-13-7-8-14-32(31)34(40-39-33)38-36-24-26-17-21-30(22-18-26)28-11-5-2-6-12-28/h1-24H,(H,37,39)(H,38,40). The number of aromatic nitrogens is 2. The van der Waals surface area contributed by atoms with Crippen LogP contribution in [0.25, 0.3) is 33.0 Å². The van der Waals surface area contributed by atoms with E-state index < -0.39 is 0 Å². The molecule has 0 aliphatic rings. The van der Waals surface area contributed by atoms with Gasteiger partial charge < -0.3 is 0 Å². The van der Waals surface area contributed by atoms with Crippen molar-refractivity contribution >= 4 is 23.2 Å². The fourth-order valence-corrected chi connectivity index (χ4v) is 4.40. The van der Waals surface area contributed by atoms with E-state index in [2.05, 4.69) is 79.1 Å². The largest absolute Gasteiger partial charge is 0.281 e. The number of nitrogens with zero attached hydrogens (tertiary/aromatic N) is 4. The van der Waals surface area contributed by atoms with Crippen molar-refractivity contribution in [1.29, 1.82) is 0 Å². The van der Waals surface area contributed by atoms with Crippen LogP contribution in [0, 0.1) is 0 Å². The Morgan fingerprint density at radius 3 is 1.12 bits per heavy atom. The summed E-state index contributed by atoms with van der Waals surface area (Å²) in [6.07, 6.45) is 3.48. The molecule has 5 aromatic carbocycles. The van der Waals surface area contributed by atoms with Crippen molar-refractivity contribution in [3.8, 4) is 22.3 Å². The molecular formula is C34H26N6. The first-order valence-corrected chi connectivity index (χ1v) is 13.0. The number of nitrogens with one attached hydrogen (secondary N) is 2. The van der Waals surface area contributed by atoms with Crippen LogP contribution in [0.3, 0.4) is 0 Å². The molecule has 0 spiro atoms. The molecule has 6 aromatic rings. The second kappa shape index (κ2) is 11.8. The molecule has 0 unspecified atom stereocenters. The molecule has 0 aliphatic heterocycles. The van der Waals surface area contributed by atoms with Crippen LogP contribution in [0.5, 0.6) is 0 Å². The molecule has 1 heterocycles. The molecule has 2 N–H and O–H groups in total. The van der Waals surface area contributed by atoms with Crippen molar-refractivity contribution in [2.45, 2.75) is 0 Å². The highest BCUT2D eigenvalue weighted by molar-refractivity contribution is 5.82. The molecule has 0 saturated heterocycles. The van der Waals surface area contributed by atoms with Gasteiger partial charge in [0.05, 0.1) is 12.4 Å². The Bertz CT molecular complexity index is 1770. The zero-order valence-corrected chi connectivity index (χ0v) is 21.6. The maximum atomic E-state index is 4.41. The van der Waals surface area contributed by atoms with Gasteiger partial charge in [-0.15, -0.1) is 10.2 Å². The summed E-state index contributed by atoms with van der Waals surface area (Å²) in [6, 6.07) is 44.9. The summed E-state index contributed by atoms with van der Waals surface area (Å²) in [5.74, 6) is 0. The quantitative estimate of drug-likeness (QED) is 0.182. The van der Waals surface area contributed by atoms with Gasteiger partial charge in [0.1, 0.15) is 0 Å². The minimum Gasteiger partial charge on any atom is -0.281 e. The monoisotopic (exact) mass is 518 g/mol. The molecule has 0 amide bonds. The molecule has 6 heteroatoms. The maximum Gasteiger partial charge on any atom is 0.175 e. The molecule has 0 bridgehead atoms. The Morgan fingerprint density at radius 2 is 0.725 bits per heavy atom. The van der Waals surface area contributed by atoms with Crippen LogP contribution < -0.4 is 11.0 Å². The molecule has 0 atom stereocenters. The van der Waals surface area contributed by atoms with E-state index in [0.29, 0.717) is 11.0 Å². The number of rotatable bonds is 6. The Labute approximate surface area is 231 Å². The van der Waals surface area contributed by atoms with E-state index in [1.54, 1.807) is 12.4 Å². The molecule has 40 heavy (non-hydrogen) atoms. The average Bonchev–Trinajstić information content (AvgIpc) is 3.03. The van der Waals surface area contributed by atoms with E-state index >= 15 is 0 Å². The summed E-state index contributed by atoms with van der Waals surface area (Å²) in [6.45, 7) is 0. The van der Waals surface area contributed by atoms with Crippen molar-refractivity contribution in [3.63, 3.8) is 0 Å². The van der Waals surface area contributed by atoms with E-state index in [1.165, 1.54) is 11.1 Å². The van der Waals surface area contributed by atoms with Gasteiger partial charge >= 0.3 is 0 Å². The van der Waals surface area contributed by atoms with Crippen molar-refractivity contribution < 1.29 is 0 Å². The summed E-state index contributed by atoms with van der Waals surface area (Å²) < 4.78 is 0. The topological polar surface area (TPSA) is 81.0 Å². The number of hydrogen-bond acceptors (Lipinski definition) is 4. The first kappa shape index (κ1) is 24.7. The normalized spacial score (nSPS) is 12.6. The molecule has 0 fully saturated rings. The van der Waals surface area contributed by atoms with Gasteiger partial charge in [0.2, 0.25) is 0 Å². The third kappa shape index (κ3) is 5.76. The van der Waals surface area contributed by atoms with Crippen LogP contribution in [-0.2, 0) is 0 Å². The molecule has 6 rings (SSSR count). The second-order valence-electron chi connectivity index (χ2n) is 9.16. The smallest absolute Gasteiger partial charge is 0.175 e. The highest BCUT2D eigenvalue weighted by atomic mass is 15.3. The maximum absolute atomic E-state index is 4.41. The van der Waals surface area contributed by atoms with Crippen molar-refractivity contribution in [3.05, 3.63) is 156 Å². The lowest BCUT2D eigenvalue weighted by Crippen LogP contribution is -2.20. The molecule has 6 nitrogen and oxygen atoms in total. The molecular weight excluding hydrogens is 492 g/mol. The fraction of sp³-hybridized carbons (Fsp3) is 0. The molecule has 0 radical (unpaired) electrons. The Hall–Kier alpha value is -5.62. The van der Waals surface area contributed by atoms with Crippen LogP contribution >= 0.6 is 0 Å². The van der Waals surface area contributed by atoms with E-state index in [1.807, 2.05) is 84.9 Å². The first-order chi connectivity index (χ1) is 19.8. The predicted molar refractivity (Wildman–Crippen MR) is 163 cm³/mol. The Morgan fingerprint density at radius 1 is 0.375 bits per heavy atom. The fourth-order valence-electron chi connectivity index (χ4n) is 4.40. The summed E-state index contributed by atoms with van der Waals surface area (Å²) in [4.78, 5) is 0. The van der Waals surface area contributed by atoms with Gasteiger partial charge in [0.25, 0.3) is 0 Å². The van der Waals surface area contributed by atoms with E-state index in [9.17, 15) is 0 Å². The van der Waals surface area contributed by atoms with E-state index in [4.69, 9.17) is 0 Å². The van der Waals surface area contributed by atoms with Gasteiger partial charge in [-0.05, 0) is 33.4 Å². The second-order valence-corrected chi connectivity index (χ2v) is 9.16. The molecule has 1 aromatic heterocycles. The summed E-state index contributed by atoms with van der Waals surface area (Å²) in [5, 5.41) is 25.4. The summed E-state index contributed by atoms with van der Waals surface area (Å²) in [5.41, 5.74) is 7.83. The van der Waals surface area contributed by atoms with Gasteiger partial charge in [-0.3, -0.25) is 10.2 Å². The lowest BCUT2D eigenvalue weighted by molar-refractivity contribution is 0.892. The number of aromatic amines is 2. The van der Waals surface area contributed by atoms with E-state index in [0.717, 1.165) is 33.0 Å². The number of hydrogen-bond donors (Lipinski definition) is 2. The van der Waals surface area contributed by atoms with Crippen LogP contribution in [0.2, 0.25) is 0 Å². The minimum atomic E-state index is 0.604. The molecule has 0 saturated carbocycles. The van der Waals surface area contributed by atoms with Gasteiger partial charge in [0, 0.05) is 10.8 Å². The molecule has 192 valence electrons. The number of fused-ring (bicyclic) bond motifs is 1. The van der Waals surface area contributed by atoms with Crippen molar-refractivity contribution in [2.24, 2.45) is 20.4 Å². The lowest BCUT2D eigenvalue weighted by atomic mass is 10.0. The summed E-state index contributed by atoms with van der Waals surface area (Å²) >= 11 is 0. The summed E-state index contributed by atoms with van der Waals surface area (Å²) in [7, 11) is 0. The van der Waals surface area contributed by atoms with Crippen LogP contribution in [0.4, 0.5) is 0 Å². The van der Waals surface area contributed by atoms with E-state index in [-0.39, 0.29) is 0 Å². The van der Waals surface area contributed by atoms with Gasteiger partial charge in [-0.1, -0.05) is 133 Å². The van der Waals surface area contributed by atoms with Crippen LogP contribution in [0.15, 0.2) is 154 Å². The van der Waals surface area contributed by atoms with Crippen molar-refractivity contribution in [1.82, 2.24) is 10.2 Å². The van der Waals surface area contributed by atoms with Gasteiger partial charge in [-0.2, -0.15) is 10.2 Å². The third-order valence-electron chi connectivity index (χ3n) is 6.50. The highest BCUT2D eigenvalue weighted by Crippen LogP contribution is 2.19. The Balaban J connectivity index is 1.22. The third-order valence-corrected chi connectivity index (χ3v) is 6.50. The Kier molecular flexibility index (Phi) is 7.31. The number of H-pyrrole nitrogens is 2.